The first-order chi connectivity index (χ1) is 13.5. The molecule has 1 unspecified atom stereocenters. The molecular weight excluding hydrogens is 445 g/mol. The molecule has 4 aromatic rings. The summed E-state index contributed by atoms with van der Waals surface area (Å²) in [6.45, 7) is 4.44. The lowest BCUT2D eigenvalue weighted by atomic mass is 9.87. The average molecular weight is 465 g/mol. The van der Waals surface area contributed by atoms with E-state index in [1.165, 1.54) is 22.2 Å². The number of aromatic nitrogens is 1. The van der Waals surface area contributed by atoms with E-state index in [2.05, 4.69) is 13.8 Å². The number of fused-ring (bicyclic) bond motifs is 3. The maximum absolute atomic E-state index is 6.54. The summed E-state index contributed by atoms with van der Waals surface area (Å²) in [6, 6.07) is 9.56. The molecule has 3 aromatic heterocycles. The van der Waals surface area contributed by atoms with E-state index in [4.69, 9.17) is 32.6 Å². The van der Waals surface area contributed by atoms with E-state index < -0.39 is 0 Å². The molecule has 1 atom stereocenters. The number of furan rings is 1. The van der Waals surface area contributed by atoms with Gasteiger partial charge in [0.2, 0.25) is 0 Å². The van der Waals surface area contributed by atoms with Crippen LogP contribution in [0.4, 0.5) is 0 Å². The number of thiophene rings is 1. The van der Waals surface area contributed by atoms with Gasteiger partial charge in [-0.3, -0.25) is 0 Å². The zero-order chi connectivity index (χ0) is 19.4. The van der Waals surface area contributed by atoms with Crippen LogP contribution >= 0.6 is 46.9 Å². The summed E-state index contributed by atoms with van der Waals surface area (Å²) in [7, 11) is 0. The Morgan fingerprint density at radius 2 is 2.03 bits per heavy atom. The molecule has 3 heterocycles. The summed E-state index contributed by atoms with van der Waals surface area (Å²) in [5, 5.41) is 2.50. The first-order valence-corrected chi connectivity index (χ1v) is 11.0. The molecule has 2 nitrogen and oxygen atoms in total. The van der Waals surface area contributed by atoms with Crippen LogP contribution in [0.1, 0.15) is 29.3 Å². The summed E-state index contributed by atoms with van der Waals surface area (Å²) in [5.74, 6) is 1.61. The summed E-state index contributed by atoms with van der Waals surface area (Å²) in [4.78, 5) is 7.62. The topological polar surface area (TPSA) is 26.0 Å². The molecule has 0 aliphatic heterocycles. The van der Waals surface area contributed by atoms with Crippen molar-refractivity contribution in [3.05, 3.63) is 62.6 Å². The molecule has 0 radical (unpaired) electrons. The van der Waals surface area contributed by atoms with Crippen molar-refractivity contribution in [2.24, 2.45) is 5.92 Å². The summed E-state index contributed by atoms with van der Waals surface area (Å²) >= 11 is 14.5. The molecule has 0 saturated heterocycles. The highest BCUT2D eigenvalue weighted by Crippen LogP contribution is 2.46. The van der Waals surface area contributed by atoms with Crippen molar-refractivity contribution in [1.29, 1.82) is 0 Å². The van der Waals surface area contributed by atoms with Crippen LogP contribution in [0, 0.1) is 12.8 Å². The molecule has 5 rings (SSSR count). The van der Waals surface area contributed by atoms with Gasteiger partial charge in [0.1, 0.15) is 10.6 Å². The molecular formula is C23H20Cl3NOS. The predicted molar refractivity (Wildman–Crippen MR) is 126 cm³/mol. The minimum Gasteiger partial charge on any atom is -0.464 e. The lowest BCUT2D eigenvalue weighted by Crippen LogP contribution is -2.08. The molecule has 0 bridgehead atoms. The molecule has 1 aliphatic carbocycles. The number of pyridine rings is 1. The highest BCUT2D eigenvalue weighted by molar-refractivity contribution is 7.19. The number of nitrogens with zero attached hydrogens (tertiary/aromatic N) is 1. The molecule has 1 aromatic carbocycles. The van der Waals surface area contributed by atoms with Crippen molar-refractivity contribution < 1.29 is 4.42 Å². The summed E-state index contributed by atoms with van der Waals surface area (Å²) in [5.41, 5.74) is 5.48. The minimum atomic E-state index is 0. The van der Waals surface area contributed by atoms with Gasteiger partial charge in [-0.05, 0) is 73.6 Å². The Labute approximate surface area is 190 Å². The maximum atomic E-state index is 6.54. The second kappa shape index (κ2) is 7.96. The van der Waals surface area contributed by atoms with Crippen molar-refractivity contribution in [1.82, 2.24) is 4.98 Å². The number of aryl methyl sites for hydroxylation is 1. The quantitative estimate of drug-likeness (QED) is 0.298. The van der Waals surface area contributed by atoms with E-state index >= 15 is 0 Å². The van der Waals surface area contributed by atoms with Gasteiger partial charge in [-0.25, -0.2) is 4.98 Å². The third kappa shape index (κ3) is 3.48. The first kappa shape index (κ1) is 20.7. The van der Waals surface area contributed by atoms with Gasteiger partial charge in [0.15, 0.2) is 0 Å². The van der Waals surface area contributed by atoms with E-state index in [0.717, 1.165) is 51.7 Å². The predicted octanol–water partition coefficient (Wildman–Crippen LogP) is 8.39. The van der Waals surface area contributed by atoms with Gasteiger partial charge in [-0.1, -0.05) is 30.1 Å². The van der Waals surface area contributed by atoms with Crippen LogP contribution in [0.25, 0.3) is 32.8 Å². The second-order valence-electron chi connectivity index (χ2n) is 7.59. The standard InChI is InChI=1S/C23H19Cl2NOS.ClH/c1-12-5-7-16-19(10-12)28-23-21(16)20(18-4-3-9-27-18)13(2)22(26-23)15-8-6-14(24)11-17(15)25;/h3-4,6,8-9,11-12H,5,7,10H2,1-2H3;1H. The Hall–Kier alpha value is -1.52. The maximum Gasteiger partial charge on any atom is 0.134 e. The third-order valence-electron chi connectivity index (χ3n) is 5.64. The van der Waals surface area contributed by atoms with E-state index in [9.17, 15) is 0 Å². The average Bonchev–Trinajstić information content (AvgIpc) is 3.29. The highest BCUT2D eigenvalue weighted by atomic mass is 35.5. The summed E-state index contributed by atoms with van der Waals surface area (Å²) < 4.78 is 5.85. The molecule has 29 heavy (non-hydrogen) atoms. The molecule has 0 amide bonds. The monoisotopic (exact) mass is 463 g/mol. The molecule has 0 saturated carbocycles. The van der Waals surface area contributed by atoms with Crippen molar-refractivity contribution in [2.45, 2.75) is 33.1 Å². The zero-order valence-electron chi connectivity index (χ0n) is 16.1. The molecule has 0 N–H and O–H groups in total. The van der Waals surface area contributed by atoms with Crippen LogP contribution in [0.2, 0.25) is 10.0 Å². The lowest BCUT2D eigenvalue weighted by Gasteiger charge is -2.19. The zero-order valence-corrected chi connectivity index (χ0v) is 19.2. The van der Waals surface area contributed by atoms with Gasteiger partial charge in [0.25, 0.3) is 0 Å². The Morgan fingerprint density at radius 1 is 1.21 bits per heavy atom. The van der Waals surface area contributed by atoms with Crippen LogP contribution < -0.4 is 0 Å². The molecule has 0 spiro atoms. The van der Waals surface area contributed by atoms with Gasteiger partial charge in [0.05, 0.1) is 17.0 Å². The van der Waals surface area contributed by atoms with Gasteiger partial charge < -0.3 is 4.42 Å². The van der Waals surface area contributed by atoms with Gasteiger partial charge >= 0.3 is 0 Å². The molecule has 1 aliphatic rings. The van der Waals surface area contributed by atoms with Gasteiger partial charge in [-0.2, -0.15) is 0 Å². The third-order valence-corrected chi connectivity index (χ3v) is 7.34. The largest absolute Gasteiger partial charge is 0.464 e. The Bertz CT molecular complexity index is 1200. The minimum absolute atomic E-state index is 0. The van der Waals surface area contributed by atoms with Crippen LogP contribution in [-0.4, -0.2) is 4.98 Å². The van der Waals surface area contributed by atoms with E-state index in [0.29, 0.717) is 10.0 Å². The first-order valence-electron chi connectivity index (χ1n) is 9.47. The second-order valence-corrected chi connectivity index (χ2v) is 9.52. The SMILES string of the molecule is Cc1c(-c2ccc(Cl)cc2Cl)nc2sc3c(c2c1-c1ccco1)CCC(C)C3.Cl. The highest BCUT2D eigenvalue weighted by Gasteiger charge is 2.26. The van der Waals surface area contributed by atoms with E-state index in [-0.39, 0.29) is 12.4 Å². The number of benzene rings is 1. The fourth-order valence-electron chi connectivity index (χ4n) is 4.24. The number of halogens is 3. The Kier molecular flexibility index (Phi) is 5.69. The molecule has 0 fully saturated rings. The van der Waals surface area contributed by atoms with E-state index in [1.807, 2.05) is 35.6 Å². The molecule has 6 heteroatoms. The van der Waals surface area contributed by atoms with E-state index in [1.54, 1.807) is 12.3 Å². The van der Waals surface area contributed by atoms with Crippen LogP contribution in [-0.2, 0) is 12.8 Å². The van der Waals surface area contributed by atoms with Gasteiger partial charge in [0, 0.05) is 26.4 Å². The Morgan fingerprint density at radius 3 is 2.76 bits per heavy atom. The Balaban J connectivity index is 0.00000205. The molecule has 150 valence electrons. The number of hydrogen-bond acceptors (Lipinski definition) is 3. The van der Waals surface area contributed by atoms with Crippen LogP contribution in [0.3, 0.4) is 0 Å². The van der Waals surface area contributed by atoms with Gasteiger partial charge in [-0.15, -0.1) is 23.7 Å². The fourth-order valence-corrected chi connectivity index (χ4v) is 6.13. The van der Waals surface area contributed by atoms with Crippen molar-refractivity contribution in [3.63, 3.8) is 0 Å². The fraction of sp³-hybridized carbons (Fsp3) is 0.261. The normalized spacial score (nSPS) is 15.9. The van der Waals surface area contributed by atoms with Crippen LogP contribution in [0.5, 0.6) is 0 Å². The van der Waals surface area contributed by atoms with Crippen molar-refractivity contribution >= 4 is 57.2 Å². The van der Waals surface area contributed by atoms with Crippen molar-refractivity contribution in [3.8, 4) is 22.6 Å². The lowest BCUT2D eigenvalue weighted by molar-refractivity contribution is 0.509. The van der Waals surface area contributed by atoms with Crippen molar-refractivity contribution in [2.75, 3.05) is 0 Å². The summed E-state index contributed by atoms with van der Waals surface area (Å²) in [6.07, 6.45) is 5.19. The smallest absolute Gasteiger partial charge is 0.134 e. The number of hydrogen-bond donors (Lipinski definition) is 0. The van der Waals surface area contributed by atoms with Crippen LogP contribution in [0.15, 0.2) is 41.0 Å². The number of rotatable bonds is 2.